The molecule has 4 atom stereocenters. The molecule has 2 aliphatic rings. The van der Waals surface area contributed by atoms with Gasteiger partial charge in [-0.3, -0.25) is 4.79 Å². The van der Waals surface area contributed by atoms with E-state index in [0.717, 1.165) is 13.1 Å². The molecule has 1 saturated heterocycles. The summed E-state index contributed by atoms with van der Waals surface area (Å²) in [7, 11) is 2.12. The van der Waals surface area contributed by atoms with Gasteiger partial charge in [-0.05, 0) is 18.9 Å². The van der Waals surface area contributed by atoms with Crippen molar-refractivity contribution >= 4 is 5.78 Å². The summed E-state index contributed by atoms with van der Waals surface area (Å²) in [6.07, 6.45) is 0. The molecule has 1 aliphatic carbocycles. The zero-order valence-corrected chi connectivity index (χ0v) is 8.08. The van der Waals surface area contributed by atoms with E-state index in [2.05, 4.69) is 25.8 Å². The number of Topliss-reactive ketones (excluding diaryl/α,β-unsaturated/α-hetero) is 1. The molecule has 0 aromatic carbocycles. The lowest BCUT2D eigenvalue weighted by atomic mass is 9.92. The Morgan fingerprint density at radius 2 is 1.58 bits per heavy atom. The number of fused-ring (bicyclic) bond motifs is 2. The summed E-state index contributed by atoms with van der Waals surface area (Å²) in [6.45, 7) is 6.43. The van der Waals surface area contributed by atoms with Crippen molar-refractivity contribution in [2.24, 2.45) is 23.7 Å². The minimum atomic E-state index is 0.337. The fraction of sp³-hybridized carbons (Fsp3) is 0.900. The SMILES string of the molecule is CC1C2CN(C)CC(C2=O)C1C. The van der Waals surface area contributed by atoms with E-state index < -0.39 is 0 Å². The number of ketones is 1. The van der Waals surface area contributed by atoms with Gasteiger partial charge in [-0.25, -0.2) is 0 Å². The molecule has 2 rings (SSSR count). The number of carbonyl (C=O) groups is 1. The second kappa shape index (κ2) is 2.56. The van der Waals surface area contributed by atoms with Crippen LogP contribution in [0, 0.1) is 23.7 Å². The number of carbonyl (C=O) groups excluding carboxylic acids is 1. The molecule has 1 saturated carbocycles. The van der Waals surface area contributed by atoms with Crippen LogP contribution >= 0.6 is 0 Å². The van der Waals surface area contributed by atoms with E-state index in [4.69, 9.17) is 0 Å². The van der Waals surface area contributed by atoms with Crippen molar-refractivity contribution < 1.29 is 4.79 Å². The first-order valence-corrected chi connectivity index (χ1v) is 4.83. The van der Waals surface area contributed by atoms with E-state index in [1.165, 1.54) is 0 Å². The number of hydrogen-bond acceptors (Lipinski definition) is 2. The van der Waals surface area contributed by atoms with Gasteiger partial charge in [0.15, 0.2) is 0 Å². The number of nitrogens with zero attached hydrogens (tertiary/aromatic N) is 1. The Hall–Kier alpha value is -0.370. The molecule has 68 valence electrons. The first-order chi connectivity index (χ1) is 5.61. The Morgan fingerprint density at radius 3 is 2.00 bits per heavy atom. The second-order valence-corrected chi connectivity index (χ2v) is 4.55. The van der Waals surface area contributed by atoms with Crippen molar-refractivity contribution in [3.05, 3.63) is 0 Å². The molecule has 2 heteroatoms. The molecule has 4 unspecified atom stereocenters. The van der Waals surface area contributed by atoms with Crippen molar-refractivity contribution in [2.75, 3.05) is 20.1 Å². The van der Waals surface area contributed by atoms with Gasteiger partial charge >= 0.3 is 0 Å². The highest BCUT2D eigenvalue weighted by atomic mass is 16.1. The largest absolute Gasteiger partial charge is 0.305 e. The Balaban J connectivity index is 2.26. The molecule has 0 amide bonds. The predicted octanol–water partition coefficient (Wildman–Crippen LogP) is 1.02. The van der Waals surface area contributed by atoms with E-state index in [1.54, 1.807) is 0 Å². The van der Waals surface area contributed by atoms with Gasteiger partial charge in [0, 0.05) is 24.9 Å². The molecular formula is C10H17NO. The van der Waals surface area contributed by atoms with Crippen molar-refractivity contribution in [1.29, 1.82) is 0 Å². The average molecular weight is 167 g/mol. The zero-order valence-electron chi connectivity index (χ0n) is 8.08. The molecule has 2 nitrogen and oxygen atoms in total. The third-order valence-electron chi connectivity index (χ3n) is 3.85. The van der Waals surface area contributed by atoms with Crippen LogP contribution in [0.25, 0.3) is 0 Å². The van der Waals surface area contributed by atoms with Crippen LogP contribution in [0.5, 0.6) is 0 Å². The molecule has 2 bridgehead atoms. The van der Waals surface area contributed by atoms with Crippen LogP contribution in [-0.2, 0) is 4.79 Å². The van der Waals surface area contributed by atoms with Crippen LogP contribution in [0.4, 0.5) is 0 Å². The lowest BCUT2D eigenvalue weighted by molar-refractivity contribution is -0.127. The van der Waals surface area contributed by atoms with E-state index >= 15 is 0 Å². The maximum atomic E-state index is 11.7. The Labute approximate surface area is 73.9 Å². The minimum Gasteiger partial charge on any atom is -0.305 e. The van der Waals surface area contributed by atoms with Crippen LogP contribution < -0.4 is 0 Å². The first kappa shape index (κ1) is 8.24. The molecule has 12 heavy (non-hydrogen) atoms. The summed E-state index contributed by atoms with van der Waals surface area (Å²) in [6, 6.07) is 0. The fourth-order valence-electron chi connectivity index (χ4n) is 2.78. The van der Waals surface area contributed by atoms with Gasteiger partial charge in [0.1, 0.15) is 5.78 Å². The first-order valence-electron chi connectivity index (χ1n) is 4.83. The number of piperidine rings is 1. The minimum absolute atomic E-state index is 0.337. The number of likely N-dealkylation sites (tertiary alicyclic amines) is 1. The Morgan fingerprint density at radius 1 is 1.17 bits per heavy atom. The normalized spacial score (nSPS) is 48.4. The molecule has 2 fully saturated rings. The third-order valence-corrected chi connectivity index (χ3v) is 3.85. The summed E-state index contributed by atoms with van der Waals surface area (Å²) in [5.74, 6) is 2.42. The predicted molar refractivity (Wildman–Crippen MR) is 47.8 cm³/mol. The van der Waals surface area contributed by atoms with Crippen LogP contribution in [-0.4, -0.2) is 30.8 Å². The lowest BCUT2D eigenvalue weighted by Crippen LogP contribution is -2.40. The van der Waals surface area contributed by atoms with E-state index in [9.17, 15) is 4.79 Å². The Kier molecular flexibility index (Phi) is 1.76. The number of rotatable bonds is 0. The maximum Gasteiger partial charge on any atom is 0.142 e. The summed E-state index contributed by atoms with van der Waals surface area (Å²) < 4.78 is 0. The maximum absolute atomic E-state index is 11.7. The van der Waals surface area contributed by atoms with Crippen molar-refractivity contribution in [1.82, 2.24) is 4.90 Å². The average Bonchev–Trinajstić information content (AvgIpc) is 2.21. The molecule has 0 N–H and O–H groups in total. The van der Waals surface area contributed by atoms with Crippen molar-refractivity contribution in [3.63, 3.8) is 0 Å². The summed E-state index contributed by atoms with van der Waals surface area (Å²) >= 11 is 0. The topological polar surface area (TPSA) is 20.3 Å². The molecule has 0 aromatic heterocycles. The van der Waals surface area contributed by atoms with Crippen LogP contribution in [0.15, 0.2) is 0 Å². The van der Waals surface area contributed by atoms with Crippen molar-refractivity contribution in [2.45, 2.75) is 13.8 Å². The van der Waals surface area contributed by atoms with Crippen LogP contribution in [0.3, 0.4) is 0 Å². The van der Waals surface area contributed by atoms with Gasteiger partial charge in [-0.1, -0.05) is 13.8 Å². The van der Waals surface area contributed by atoms with Gasteiger partial charge in [0.05, 0.1) is 0 Å². The van der Waals surface area contributed by atoms with E-state index in [0.29, 0.717) is 29.5 Å². The van der Waals surface area contributed by atoms with Crippen LogP contribution in [0.1, 0.15) is 13.8 Å². The second-order valence-electron chi connectivity index (χ2n) is 4.55. The number of hydrogen-bond donors (Lipinski definition) is 0. The van der Waals surface area contributed by atoms with Gasteiger partial charge in [-0.15, -0.1) is 0 Å². The standard InChI is InChI=1S/C10H17NO/c1-6-7(2)9-5-11(3)4-8(6)10(9)12/h6-9H,4-5H2,1-3H3. The van der Waals surface area contributed by atoms with Gasteiger partial charge in [-0.2, -0.15) is 0 Å². The highest BCUT2D eigenvalue weighted by Crippen LogP contribution is 2.41. The fourth-order valence-corrected chi connectivity index (χ4v) is 2.78. The highest BCUT2D eigenvalue weighted by molar-refractivity contribution is 5.87. The highest BCUT2D eigenvalue weighted by Gasteiger charge is 2.48. The Bertz CT molecular complexity index is 194. The molecule has 0 aromatic rings. The molecule has 1 heterocycles. The van der Waals surface area contributed by atoms with E-state index in [1.807, 2.05) is 0 Å². The zero-order chi connectivity index (χ0) is 8.88. The summed E-state index contributed by atoms with van der Waals surface area (Å²) in [5, 5.41) is 0. The monoisotopic (exact) mass is 167 g/mol. The lowest BCUT2D eigenvalue weighted by Gasteiger charge is -2.27. The quantitative estimate of drug-likeness (QED) is 0.537. The van der Waals surface area contributed by atoms with Gasteiger partial charge < -0.3 is 4.90 Å². The van der Waals surface area contributed by atoms with Crippen LogP contribution in [0.2, 0.25) is 0 Å². The molecule has 1 aliphatic heterocycles. The van der Waals surface area contributed by atoms with Crippen molar-refractivity contribution in [3.8, 4) is 0 Å². The van der Waals surface area contributed by atoms with E-state index in [-0.39, 0.29) is 0 Å². The molecule has 0 spiro atoms. The summed E-state index contributed by atoms with van der Waals surface area (Å²) in [4.78, 5) is 14.0. The van der Waals surface area contributed by atoms with Gasteiger partial charge in [0.2, 0.25) is 0 Å². The third kappa shape index (κ3) is 0.939. The molecular weight excluding hydrogens is 150 g/mol. The van der Waals surface area contributed by atoms with Gasteiger partial charge in [0.25, 0.3) is 0 Å². The molecule has 0 radical (unpaired) electrons. The smallest absolute Gasteiger partial charge is 0.142 e. The summed E-state index contributed by atoms with van der Waals surface area (Å²) in [5.41, 5.74) is 0.